The molecule has 2 aliphatic rings. The summed E-state index contributed by atoms with van der Waals surface area (Å²) in [5.74, 6) is 1.58. The van der Waals surface area contributed by atoms with Gasteiger partial charge in [-0.25, -0.2) is 0 Å². The Morgan fingerprint density at radius 1 is 1.22 bits per heavy atom. The van der Waals surface area contributed by atoms with Gasteiger partial charge in [0.05, 0.1) is 6.54 Å². The Labute approximate surface area is 107 Å². The molecule has 4 heteroatoms. The molecule has 2 aliphatic heterocycles. The van der Waals surface area contributed by atoms with Crippen LogP contribution in [0, 0.1) is 11.8 Å². The van der Waals surface area contributed by atoms with Crippen molar-refractivity contribution in [1.82, 2.24) is 10.2 Å². The average Bonchev–Trinajstić information content (AvgIpc) is 2.90. The minimum absolute atomic E-state index is 0.0918. The first kappa shape index (κ1) is 11.7. The minimum atomic E-state index is 0.0918. The number of benzene rings is 1. The van der Waals surface area contributed by atoms with Gasteiger partial charge in [-0.1, -0.05) is 18.2 Å². The molecule has 4 nitrogen and oxygen atoms in total. The summed E-state index contributed by atoms with van der Waals surface area (Å²) in [6.45, 7) is 4.85. The van der Waals surface area contributed by atoms with Crippen molar-refractivity contribution in [2.75, 3.05) is 38.0 Å². The molecular formula is C14H19N3O. The maximum atomic E-state index is 11.9. The third-order valence-electron chi connectivity index (χ3n) is 3.89. The highest BCUT2D eigenvalue weighted by Gasteiger charge is 2.36. The van der Waals surface area contributed by atoms with E-state index < -0.39 is 0 Å². The second-order valence-electron chi connectivity index (χ2n) is 5.29. The van der Waals surface area contributed by atoms with Crippen LogP contribution in [0.15, 0.2) is 30.3 Å². The number of likely N-dealkylation sites (tertiary alicyclic amines) is 1. The van der Waals surface area contributed by atoms with Crippen LogP contribution in [0.2, 0.25) is 0 Å². The van der Waals surface area contributed by atoms with Crippen molar-refractivity contribution in [2.45, 2.75) is 0 Å². The number of amides is 1. The van der Waals surface area contributed by atoms with Crippen molar-refractivity contribution in [3.8, 4) is 0 Å². The molecule has 0 unspecified atom stereocenters. The van der Waals surface area contributed by atoms with Crippen LogP contribution in [-0.2, 0) is 4.79 Å². The van der Waals surface area contributed by atoms with E-state index in [9.17, 15) is 4.79 Å². The Balaban J connectivity index is 1.50. The van der Waals surface area contributed by atoms with E-state index in [4.69, 9.17) is 0 Å². The van der Waals surface area contributed by atoms with Crippen molar-refractivity contribution in [1.29, 1.82) is 0 Å². The molecule has 0 aliphatic carbocycles. The van der Waals surface area contributed by atoms with Crippen LogP contribution in [0.1, 0.15) is 0 Å². The van der Waals surface area contributed by atoms with Crippen LogP contribution in [0.25, 0.3) is 0 Å². The van der Waals surface area contributed by atoms with Gasteiger partial charge in [-0.3, -0.25) is 9.69 Å². The molecular weight excluding hydrogens is 226 g/mol. The number of carbonyl (C=O) groups is 1. The molecule has 1 aromatic carbocycles. The predicted octanol–water partition coefficient (Wildman–Crippen LogP) is 0.776. The molecule has 0 spiro atoms. The molecule has 96 valence electrons. The van der Waals surface area contributed by atoms with Gasteiger partial charge in [-0.05, 0) is 37.1 Å². The summed E-state index contributed by atoms with van der Waals surface area (Å²) >= 11 is 0. The third kappa shape index (κ3) is 2.54. The van der Waals surface area contributed by atoms with Gasteiger partial charge >= 0.3 is 0 Å². The maximum absolute atomic E-state index is 11.9. The normalized spacial score (nSPS) is 27.1. The fourth-order valence-corrected chi connectivity index (χ4v) is 3.01. The Bertz CT molecular complexity index is 408. The zero-order valence-electron chi connectivity index (χ0n) is 10.4. The molecule has 2 heterocycles. The van der Waals surface area contributed by atoms with Crippen LogP contribution in [0.5, 0.6) is 0 Å². The second kappa shape index (κ2) is 5.08. The Morgan fingerprint density at radius 2 is 1.89 bits per heavy atom. The topological polar surface area (TPSA) is 44.4 Å². The number of rotatable bonds is 3. The maximum Gasteiger partial charge on any atom is 0.238 e. The zero-order chi connectivity index (χ0) is 12.4. The number of carbonyl (C=O) groups excluding carboxylic acids is 1. The highest BCUT2D eigenvalue weighted by molar-refractivity contribution is 5.92. The first-order chi connectivity index (χ1) is 8.81. The number of fused-ring (bicyclic) bond motifs is 1. The van der Waals surface area contributed by atoms with Gasteiger partial charge in [0, 0.05) is 18.8 Å². The summed E-state index contributed by atoms with van der Waals surface area (Å²) in [5, 5.41) is 6.35. The van der Waals surface area contributed by atoms with E-state index in [1.807, 2.05) is 30.3 Å². The van der Waals surface area contributed by atoms with Crippen molar-refractivity contribution in [3.63, 3.8) is 0 Å². The quantitative estimate of drug-likeness (QED) is 0.827. The van der Waals surface area contributed by atoms with Crippen LogP contribution in [0.4, 0.5) is 5.69 Å². The molecule has 1 amide bonds. The van der Waals surface area contributed by atoms with E-state index in [1.165, 1.54) is 0 Å². The average molecular weight is 245 g/mol. The largest absolute Gasteiger partial charge is 0.325 e. The van der Waals surface area contributed by atoms with Crippen molar-refractivity contribution in [3.05, 3.63) is 30.3 Å². The van der Waals surface area contributed by atoms with Gasteiger partial charge in [-0.2, -0.15) is 0 Å². The molecule has 0 aromatic heterocycles. The van der Waals surface area contributed by atoms with Crippen molar-refractivity contribution < 1.29 is 4.79 Å². The van der Waals surface area contributed by atoms with Crippen molar-refractivity contribution >= 4 is 11.6 Å². The van der Waals surface area contributed by atoms with E-state index >= 15 is 0 Å². The van der Waals surface area contributed by atoms with Gasteiger partial charge in [0.15, 0.2) is 0 Å². The molecule has 0 saturated carbocycles. The standard InChI is InChI=1S/C14H19N3O/c18-14(16-13-4-2-1-3-5-13)10-17-8-11-6-15-7-12(11)9-17/h1-5,11-12,15H,6-10H2,(H,16,18)/t11-,12+. The number of anilines is 1. The first-order valence-electron chi connectivity index (χ1n) is 6.59. The lowest BCUT2D eigenvalue weighted by Gasteiger charge is -2.16. The van der Waals surface area contributed by atoms with E-state index in [1.54, 1.807) is 0 Å². The summed E-state index contributed by atoms with van der Waals surface area (Å²) in [5.41, 5.74) is 0.878. The first-order valence-corrected chi connectivity index (χ1v) is 6.59. The minimum Gasteiger partial charge on any atom is -0.325 e. The molecule has 18 heavy (non-hydrogen) atoms. The highest BCUT2D eigenvalue weighted by Crippen LogP contribution is 2.25. The summed E-state index contributed by atoms with van der Waals surface area (Å²) in [4.78, 5) is 14.2. The van der Waals surface area contributed by atoms with Crippen LogP contribution >= 0.6 is 0 Å². The number of para-hydroxylation sites is 1. The van der Waals surface area contributed by atoms with Gasteiger partial charge in [0.1, 0.15) is 0 Å². The zero-order valence-corrected chi connectivity index (χ0v) is 10.4. The van der Waals surface area contributed by atoms with Crippen LogP contribution in [-0.4, -0.2) is 43.5 Å². The SMILES string of the molecule is O=C(CN1C[C@H]2CNC[C@H]2C1)Nc1ccccc1. The Hall–Kier alpha value is -1.39. The second-order valence-corrected chi connectivity index (χ2v) is 5.29. The molecule has 2 N–H and O–H groups in total. The van der Waals surface area contributed by atoms with Gasteiger partial charge in [0.2, 0.25) is 5.91 Å². The van der Waals surface area contributed by atoms with E-state index in [2.05, 4.69) is 15.5 Å². The third-order valence-corrected chi connectivity index (χ3v) is 3.89. The number of nitrogens with zero attached hydrogens (tertiary/aromatic N) is 1. The van der Waals surface area contributed by atoms with Gasteiger partial charge in [-0.15, -0.1) is 0 Å². The monoisotopic (exact) mass is 245 g/mol. The van der Waals surface area contributed by atoms with Crippen molar-refractivity contribution in [2.24, 2.45) is 11.8 Å². The summed E-state index contributed by atoms with van der Waals surface area (Å²) in [6, 6.07) is 9.65. The fourth-order valence-electron chi connectivity index (χ4n) is 3.01. The number of hydrogen-bond acceptors (Lipinski definition) is 3. The molecule has 2 atom stereocenters. The lowest BCUT2D eigenvalue weighted by Crippen LogP contribution is -2.33. The summed E-state index contributed by atoms with van der Waals surface area (Å²) in [6.07, 6.45) is 0. The summed E-state index contributed by atoms with van der Waals surface area (Å²) in [7, 11) is 0. The van der Waals surface area contributed by atoms with Gasteiger partial charge < -0.3 is 10.6 Å². The molecule has 0 radical (unpaired) electrons. The molecule has 3 rings (SSSR count). The highest BCUT2D eigenvalue weighted by atomic mass is 16.2. The smallest absolute Gasteiger partial charge is 0.238 e. The molecule has 0 bridgehead atoms. The van der Waals surface area contributed by atoms with Crippen LogP contribution in [0.3, 0.4) is 0 Å². The lowest BCUT2D eigenvalue weighted by molar-refractivity contribution is -0.117. The molecule has 2 fully saturated rings. The number of hydrogen-bond donors (Lipinski definition) is 2. The van der Waals surface area contributed by atoms with Gasteiger partial charge in [0.25, 0.3) is 0 Å². The fraction of sp³-hybridized carbons (Fsp3) is 0.500. The predicted molar refractivity (Wildman–Crippen MR) is 71.4 cm³/mol. The lowest BCUT2D eigenvalue weighted by atomic mass is 10.0. The number of nitrogens with one attached hydrogen (secondary N) is 2. The Morgan fingerprint density at radius 3 is 2.56 bits per heavy atom. The van der Waals surface area contributed by atoms with E-state index in [-0.39, 0.29) is 5.91 Å². The Kier molecular flexibility index (Phi) is 3.30. The van der Waals surface area contributed by atoms with E-state index in [0.29, 0.717) is 6.54 Å². The summed E-state index contributed by atoms with van der Waals surface area (Å²) < 4.78 is 0. The van der Waals surface area contributed by atoms with E-state index in [0.717, 1.165) is 43.7 Å². The molecule has 2 saturated heterocycles. The molecule has 1 aromatic rings. The van der Waals surface area contributed by atoms with Crippen LogP contribution < -0.4 is 10.6 Å².